The third kappa shape index (κ3) is 3.92. The second-order valence-electron chi connectivity index (χ2n) is 6.62. The average Bonchev–Trinajstić information content (AvgIpc) is 3.08. The number of nitrogens with one attached hydrogen (secondary N) is 2. The van der Waals surface area contributed by atoms with Gasteiger partial charge in [-0.25, -0.2) is 14.5 Å². The first kappa shape index (κ1) is 19.6. The lowest BCUT2D eigenvalue weighted by Crippen LogP contribution is -2.60. The number of piperazine rings is 1. The number of rotatable bonds is 3. The maximum atomic E-state index is 13.2. The van der Waals surface area contributed by atoms with Crippen LogP contribution >= 0.6 is 0 Å². The molecule has 3 rings (SSSR count). The molecule has 11 heteroatoms. The standard InChI is InChI=1S/C17H19F3N6O2/c1-10(2)13-15(27)22-7-9-25(13)16(28)23-12-5-8-26(24-12)14-11(17(18,19)20)4-3-6-21-14/h3-6,8,10,13H,7,9H2,1-2H3,(H,22,27)(H,23,24,28). The summed E-state index contributed by atoms with van der Waals surface area (Å²) in [5.74, 6) is -0.693. The first-order valence-corrected chi connectivity index (χ1v) is 8.62. The van der Waals surface area contributed by atoms with Gasteiger partial charge in [-0.3, -0.25) is 10.1 Å². The zero-order valence-electron chi connectivity index (χ0n) is 15.2. The van der Waals surface area contributed by atoms with Gasteiger partial charge < -0.3 is 10.2 Å². The number of pyridine rings is 1. The SMILES string of the molecule is CC(C)C1C(=O)NCCN1C(=O)Nc1ccn(-c2ncccc2C(F)(F)F)n1. The molecule has 1 aliphatic rings. The molecule has 1 fully saturated rings. The molecule has 0 spiro atoms. The minimum atomic E-state index is -4.59. The Labute approximate surface area is 158 Å². The number of amides is 3. The third-order valence-corrected chi connectivity index (χ3v) is 4.28. The van der Waals surface area contributed by atoms with Crippen molar-refractivity contribution in [3.63, 3.8) is 0 Å². The normalized spacial score (nSPS) is 17.6. The number of halogens is 3. The van der Waals surface area contributed by atoms with E-state index in [4.69, 9.17) is 0 Å². The number of urea groups is 1. The molecular weight excluding hydrogens is 377 g/mol. The van der Waals surface area contributed by atoms with Crippen molar-refractivity contribution < 1.29 is 22.8 Å². The summed E-state index contributed by atoms with van der Waals surface area (Å²) in [6.45, 7) is 4.29. The van der Waals surface area contributed by atoms with Gasteiger partial charge in [-0.1, -0.05) is 13.8 Å². The highest BCUT2D eigenvalue weighted by molar-refractivity contribution is 5.94. The van der Waals surface area contributed by atoms with Gasteiger partial charge in [-0.2, -0.15) is 13.2 Å². The van der Waals surface area contributed by atoms with Crippen LogP contribution in [0.2, 0.25) is 0 Å². The van der Waals surface area contributed by atoms with E-state index >= 15 is 0 Å². The van der Waals surface area contributed by atoms with Crippen molar-refractivity contribution >= 4 is 17.8 Å². The van der Waals surface area contributed by atoms with Crippen LogP contribution in [-0.4, -0.2) is 50.7 Å². The zero-order chi connectivity index (χ0) is 20.5. The molecule has 150 valence electrons. The largest absolute Gasteiger partial charge is 0.420 e. The molecule has 1 atom stereocenters. The van der Waals surface area contributed by atoms with Crippen molar-refractivity contribution in [3.05, 3.63) is 36.2 Å². The topological polar surface area (TPSA) is 92.2 Å². The Bertz CT molecular complexity index is 880. The van der Waals surface area contributed by atoms with E-state index in [0.717, 1.165) is 10.7 Å². The zero-order valence-corrected chi connectivity index (χ0v) is 15.2. The molecule has 0 bridgehead atoms. The van der Waals surface area contributed by atoms with Gasteiger partial charge in [-0.05, 0) is 18.1 Å². The highest BCUT2D eigenvalue weighted by atomic mass is 19.4. The Kier molecular flexibility index (Phi) is 5.25. The van der Waals surface area contributed by atoms with Gasteiger partial charge in [-0.15, -0.1) is 5.10 Å². The number of hydrogen-bond acceptors (Lipinski definition) is 4. The first-order valence-electron chi connectivity index (χ1n) is 8.62. The summed E-state index contributed by atoms with van der Waals surface area (Å²) >= 11 is 0. The van der Waals surface area contributed by atoms with E-state index in [1.165, 1.54) is 29.4 Å². The number of alkyl halides is 3. The minimum absolute atomic E-state index is 0.0530. The van der Waals surface area contributed by atoms with E-state index in [0.29, 0.717) is 13.1 Å². The molecule has 0 saturated carbocycles. The Morgan fingerprint density at radius 3 is 2.79 bits per heavy atom. The van der Waals surface area contributed by atoms with Gasteiger partial charge >= 0.3 is 12.2 Å². The van der Waals surface area contributed by atoms with Crippen molar-refractivity contribution in [3.8, 4) is 5.82 Å². The van der Waals surface area contributed by atoms with Crippen molar-refractivity contribution in [1.29, 1.82) is 0 Å². The van der Waals surface area contributed by atoms with Gasteiger partial charge in [0.2, 0.25) is 5.91 Å². The van der Waals surface area contributed by atoms with E-state index < -0.39 is 29.6 Å². The number of carbonyl (C=O) groups is 2. The fourth-order valence-electron chi connectivity index (χ4n) is 3.07. The smallest absolute Gasteiger partial charge is 0.353 e. The predicted octanol–water partition coefficient (Wildman–Crippen LogP) is 2.27. The molecule has 0 radical (unpaired) electrons. The second kappa shape index (κ2) is 7.49. The Hall–Kier alpha value is -3.11. The lowest BCUT2D eigenvalue weighted by Gasteiger charge is -2.36. The monoisotopic (exact) mass is 396 g/mol. The summed E-state index contributed by atoms with van der Waals surface area (Å²) in [6, 6.07) is 2.27. The maximum Gasteiger partial charge on any atom is 0.420 e. The molecule has 2 N–H and O–H groups in total. The van der Waals surface area contributed by atoms with Gasteiger partial charge in [0, 0.05) is 31.5 Å². The van der Waals surface area contributed by atoms with Crippen LogP contribution < -0.4 is 10.6 Å². The summed E-state index contributed by atoms with van der Waals surface area (Å²) in [5, 5.41) is 9.22. The molecule has 1 saturated heterocycles. The highest BCUT2D eigenvalue weighted by Crippen LogP contribution is 2.32. The van der Waals surface area contributed by atoms with Crippen LogP contribution in [0.5, 0.6) is 0 Å². The van der Waals surface area contributed by atoms with Crippen LogP contribution in [0.4, 0.5) is 23.8 Å². The fourth-order valence-corrected chi connectivity index (χ4v) is 3.07. The van der Waals surface area contributed by atoms with E-state index in [1.807, 2.05) is 13.8 Å². The van der Waals surface area contributed by atoms with Crippen LogP contribution in [-0.2, 0) is 11.0 Å². The van der Waals surface area contributed by atoms with Gasteiger partial charge in [0.15, 0.2) is 11.6 Å². The molecule has 8 nitrogen and oxygen atoms in total. The number of aromatic nitrogens is 3. The van der Waals surface area contributed by atoms with E-state index in [1.54, 1.807) is 0 Å². The lowest BCUT2D eigenvalue weighted by molar-refractivity contribution is -0.137. The van der Waals surface area contributed by atoms with Crippen LogP contribution in [0.1, 0.15) is 19.4 Å². The van der Waals surface area contributed by atoms with Gasteiger partial charge in [0.1, 0.15) is 11.6 Å². The summed E-state index contributed by atoms with van der Waals surface area (Å²) in [7, 11) is 0. The first-order chi connectivity index (χ1) is 13.2. The van der Waals surface area contributed by atoms with Crippen molar-refractivity contribution in [2.24, 2.45) is 5.92 Å². The molecule has 2 aromatic heterocycles. The second-order valence-corrected chi connectivity index (χ2v) is 6.62. The molecule has 3 amide bonds. The van der Waals surface area contributed by atoms with Gasteiger partial charge in [0.25, 0.3) is 0 Å². The quantitative estimate of drug-likeness (QED) is 0.833. The Balaban J connectivity index is 1.80. The van der Waals surface area contributed by atoms with Crippen LogP contribution in [0.3, 0.4) is 0 Å². The number of anilines is 1. The molecule has 0 aliphatic carbocycles. The fraction of sp³-hybridized carbons (Fsp3) is 0.412. The van der Waals surface area contributed by atoms with Crippen molar-refractivity contribution in [1.82, 2.24) is 25.0 Å². The lowest BCUT2D eigenvalue weighted by atomic mass is 10.00. The Morgan fingerprint density at radius 1 is 1.36 bits per heavy atom. The molecule has 2 aromatic rings. The summed E-state index contributed by atoms with van der Waals surface area (Å²) in [5.41, 5.74) is -0.941. The van der Waals surface area contributed by atoms with Crippen LogP contribution in [0, 0.1) is 5.92 Å². The number of nitrogens with zero attached hydrogens (tertiary/aromatic N) is 4. The molecule has 28 heavy (non-hydrogen) atoms. The van der Waals surface area contributed by atoms with Crippen molar-refractivity contribution in [2.45, 2.75) is 26.1 Å². The van der Waals surface area contributed by atoms with Crippen molar-refractivity contribution in [2.75, 3.05) is 18.4 Å². The predicted molar refractivity (Wildman–Crippen MR) is 93.7 cm³/mol. The van der Waals surface area contributed by atoms with E-state index in [9.17, 15) is 22.8 Å². The minimum Gasteiger partial charge on any atom is -0.353 e. The molecule has 3 heterocycles. The molecule has 1 unspecified atom stereocenters. The van der Waals surface area contributed by atoms with E-state index in [2.05, 4.69) is 20.7 Å². The van der Waals surface area contributed by atoms with Crippen LogP contribution in [0.15, 0.2) is 30.6 Å². The number of carbonyl (C=O) groups excluding carboxylic acids is 2. The number of hydrogen-bond donors (Lipinski definition) is 2. The summed E-state index contributed by atoms with van der Waals surface area (Å²) < 4.78 is 40.4. The van der Waals surface area contributed by atoms with Gasteiger partial charge in [0.05, 0.1) is 0 Å². The summed E-state index contributed by atoms with van der Waals surface area (Å²) in [6.07, 6.45) is -2.09. The average molecular weight is 396 g/mol. The maximum absolute atomic E-state index is 13.2. The molecule has 0 aromatic carbocycles. The Morgan fingerprint density at radius 2 is 2.11 bits per heavy atom. The molecular formula is C17H19F3N6O2. The van der Waals surface area contributed by atoms with E-state index in [-0.39, 0.29) is 17.6 Å². The highest BCUT2D eigenvalue weighted by Gasteiger charge is 2.36. The summed E-state index contributed by atoms with van der Waals surface area (Å²) in [4.78, 5) is 29.8. The van der Waals surface area contributed by atoms with Crippen LogP contribution in [0.25, 0.3) is 5.82 Å². The third-order valence-electron chi connectivity index (χ3n) is 4.28. The molecule has 1 aliphatic heterocycles.